The predicted octanol–water partition coefficient (Wildman–Crippen LogP) is 2.43. The fourth-order valence-electron chi connectivity index (χ4n) is 1.22. The fraction of sp³-hybridized carbons (Fsp3) is 0.111. The minimum Gasteiger partial charge on any atom is -0.299 e. The van der Waals surface area contributed by atoms with Gasteiger partial charge in [-0.15, -0.1) is 11.3 Å². The molecule has 0 saturated carbocycles. The number of hydrogen-bond acceptors (Lipinski definition) is 3. The maximum atomic E-state index is 12.8. The van der Waals surface area contributed by atoms with Crippen LogP contribution in [0.4, 0.5) is 4.39 Å². The van der Waals surface area contributed by atoms with Gasteiger partial charge in [0, 0.05) is 9.58 Å². The first-order valence-corrected chi connectivity index (χ1v) is 4.61. The molecule has 2 rings (SSSR count). The third-order valence-electron chi connectivity index (χ3n) is 1.75. The number of hydrogen-bond donors (Lipinski definition) is 1. The molecule has 2 aromatic rings. The molecule has 0 aliphatic heterocycles. The van der Waals surface area contributed by atoms with Crippen LogP contribution in [-0.2, 0) is 11.4 Å². The Hall–Kier alpha value is -0.970. The van der Waals surface area contributed by atoms with Crippen LogP contribution in [0, 0.1) is 5.82 Å². The second-order valence-electron chi connectivity index (χ2n) is 2.71. The van der Waals surface area contributed by atoms with Gasteiger partial charge in [0.05, 0.1) is 0 Å². The number of halogens is 1. The average molecular weight is 197 g/mol. The molecule has 0 spiro atoms. The van der Waals surface area contributed by atoms with Crippen molar-refractivity contribution in [2.45, 2.75) is 6.61 Å². The number of rotatable bonds is 2. The molecule has 0 fully saturated rings. The molecule has 68 valence electrons. The number of fused-ring (bicyclic) bond motifs is 1. The van der Waals surface area contributed by atoms with Crippen LogP contribution in [0.15, 0.2) is 24.3 Å². The van der Waals surface area contributed by atoms with Crippen LogP contribution in [0.3, 0.4) is 0 Å². The maximum Gasteiger partial charge on any atom is 0.123 e. The van der Waals surface area contributed by atoms with Gasteiger partial charge < -0.3 is 0 Å². The molecule has 2 N–H and O–H groups in total. The Kier molecular flexibility index (Phi) is 2.26. The molecule has 0 amide bonds. The van der Waals surface area contributed by atoms with Gasteiger partial charge in [-0.2, -0.15) is 0 Å². The van der Waals surface area contributed by atoms with E-state index < -0.39 is 0 Å². The molecule has 1 aromatic heterocycles. The molecule has 2 nitrogen and oxygen atoms in total. The van der Waals surface area contributed by atoms with Crippen molar-refractivity contribution in [3.05, 3.63) is 35.0 Å². The first-order chi connectivity index (χ1) is 6.29. The molecular formula is C9H8FNOS. The largest absolute Gasteiger partial charge is 0.299 e. The summed E-state index contributed by atoms with van der Waals surface area (Å²) in [5.41, 5.74) is 0. The van der Waals surface area contributed by atoms with E-state index in [2.05, 4.69) is 4.84 Å². The van der Waals surface area contributed by atoms with Gasteiger partial charge in [-0.25, -0.2) is 10.3 Å². The lowest BCUT2D eigenvalue weighted by atomic mass is 10.2. The molecule has 0 saturated heterocycles. The lowest BCUT2D eigenvalue weighted by Crippen LogP contribution is -1.96. The normalized spacial score (nSPS) is 10.9. The van der Waals surface area contributed by atoms with Gasteiger partial charge >= 0.3 is 0 Å². The molecule has 1 heterocycles. The van der Waals surface area contributed by atoms with Gasteiger partial charge in [0.25, 0.3) is 0 Å². The highest BCUT2D eigenvalue weighted by atomic mass is 32.1. The van der Waals surface area contributed by atoms with Crippen molar-refractivity contribution in [2.75, 3.05) is 0 Å². The molecule has 1 aromatic carbocycles. The van der Waals surface area contributed by atoms with E-state index in [-0.39, 0.29) is 5.82 Å². The Balaban J connectivity index is 2.49. The molecule has 0 radical (unpaired) electrons. The minimum atomic E-state index is -0.217. The summed E-state index contributed by atoms with van der Waals surface area (Å²) < 4.78 is 13.8. The Morgan fingerprint density at radius 1 is 1.38 bits per heavy atom. The first kappa shape index (κ1) is 8.62. The van der Waals surface area contributed by atoms with Crippen LogP contribution >= 0.6 is 11.3 Å². The van der Waals surface area contributed by atoms with Crippen molar-refractivity contribution in [3.8, 4) is 0 Å². The van der Waals surface area contributed by atoms with E-state index in [4.69, 9.17) is 5.90 Å². The van der Waals surface area contributed by atoms with E-state index in [0.29, 0.717) is 6.61 Å². The van der Waals surface area contributed by atoms with Crippen LogP contribution in [-0.4, -0.2) is 0 Å². The molecule has 0 aliphatic rings. The van der Waals surface area contributed by atoms with Gasteiger partial charge in [-0.1, -0.05) is 0 Å². The van der Waals surface area contributed by atoms with Crippen LogP contribution in [0.5, 0.6) is 0 Å². The highest BCUT2D eigenvalue weighted by Gasteiger charge is 2.02. The summed E-state index contributed by atoms with van der Waals surface area (Å²) in [6.45, 7) is 0.376. The Morgan fingerprint density at radius 2 is 2.23 bits per heavy atom. The summed E-state index contributed by atoms with van der Waals surface area (Å²) in [6.07, 6.45) is 0. The molecule has 0 bridgehead atoms. The van der Waals surface area contributed by atoms with E-state index >= 15 is 0 Å². The Labute approximate surface area is 78.7 Å². The highest BCUT2D eigenvalue weighted by Crippen LogP contribution is 2.26. The number of benzene rings is 1. The summed E-state index contributed by atoms with van der Waals surface area (Å²) in [5.74, 6) is 4.73. The summed E-state index contributed by atoms with van der Waals surface area (Å²) in [5, 5.41) is 0.900. The summed E-state index contributed by atoms with van der Waals surface area (Å²) in [6, 6.07) is 6.60. The predicted molar refractivity (Wildman–Crippen MR) is 50.8 cm³/mol. The van der Waals surface area contributed by atoms with E-state index in [0.717, 1.165) is 15.0 Å². The zero-order valence-corrected chi connectivity index (χ0v) is 7.60. The zero-order valence-electron chi connectivity index (χ0n) is 6.79. The van der Waals surface area contributed by atoms with Crippen molar-refractivity contribution in [1.82, 2.24) is 0 Å². The van der Waals surface area contributed by atoms with Crippen LogP contribution < -0.4 is 5.90 Å². The quantitative estimate of drug-likeness (QED) is 0.750. The van der Waals surface area contributed by atoms with Crippen molar-refractivity contribution < 1.29 is 9.23 Å². The van der Waals surface area contributed by atoms with Gasteiger partial charge in [0.1, 0.15) is 12.4 Å². The van der Waals surface area contributed by atoms with Crippen LogP contribution in [0.25, 0.3) is 10.1 Å². The molecular weight excluding hydrogens is 189 g/mol. The first-order valence-electron chi connectivity index (χ1n) is 3.79. The average Bonchev–Trinajstić information content (AvgIpc) is 2.46. The summed E-state index contributed by atoms with van der Waals surface area (Å²) in [7, 11) is 0. The minimum absolute atomic E-state index is 0.217. The zero-order chi connectivity index (χ0) is 9.26. The SMILES string of the molecule is NOCc1cc2cc(F)ccc2s1. The summed E-state index contributed by atoms with van der Waals surface area (Å²) >= 11 is 1.56. The van der Waals surface area contributed by atoms with E-state index in [1.54, 1.807) is 17.4 Å². The highest BCUT2D eigenvalue weighted by molar-refractivity contribution is 7.19. The Bertz CT molecular complexity index is 426. The van der Waals surface area contributed by atoms with Crippen molar-refractivity contribution >= 4 is 21.4 Å². The number of nitrogens with two attached hydrogens (primary N) is 1. The smallest absolute Gasteiger partial charge is 0.123 e. The van der Waals surface area contributed by atoms with Crippen LogP contribution in [0.1, 0.15) is 4.88 Å². The van der Waals surface area contributed by atoms with Crippen molar-refractivity contribution in [3.63, 3.8) is 0 Å². The van der Waals surface area contributed by atoms with E-state index in [1.807, 2.05) is 6.07 Å². The number of thiophene rings is 1. The molecule has 0 aliphatic carbocycles. The third kappa shape index (κ3) is 1.70. The molecule has 13 heavy (non-hydrogen) atoms. The van der Waals surface area contributed by atoms with Crippen molar-refractivity contribution in [1.29, 1.82) is 0 Å². The third-order valence-corrected chi connectivity index (χ3v) is 2.84. The van der Waals surface area contributed by atoms with Crippen LogP contribution in [0.2, 0.25) is 0 Å². The lowest BCUT2D eigenvalue weighted by molar-refractivity contribution is 0.126. The second kappa shape index (κ2) is 3.41. The maximum absolute atomic E-state index is 12.8. The Morgan fingerprint density at radius 3 is 3.00 bits per heavy atom. The van der Waals surface area contributed by atoms with Gasteiger partial charge in [0.15, 0.2) is 0 Å². The van der Waals surface area contributed by atoms with Gasteiger partial charge in [-0.05, 0) is 29.7 Å². The van der Waals surface area contributed by atoms with Gasteiger partial charge in [0.2, 0.25) is 0 Å². The van der Waals surface area contributed by atoms with E-state index in [1.165, 1.54) is 12.1 Å². The lowest BCUT2D eigenvalue weighted by Gasteiger charge is -1.88. The fourth-order valence-corrected chi connectivity index (χ4v) is 2.19. The molecule has 0 atom stereocenters. The van der Waals surface area contributed by atoms with E-state index in [9.17, 15) is 4.39 Å². The standard InChI is InChI=1S/C9H8FNOS/c10-7-1-2-9-6(3-7)4-8(13-9)5-12-11/h1-4H,5,11H2. The van der Waals surface area contributed by atoms with Gasteiger partial charge in [-0.3, -0.25) is 4.84 Å². The van der Waals surface area contributed by atoms with Crippen molar-refractivity contribution in [2.24, 2.45) is 5.90 Å². The summed E-state index contributed by atoms with van der Waals surface area (Å²) in [4.78, 5) is 5.51. The molecule has 0 unspecified atom stereocenters. The monoisotopic (exact) mass is 197 g/mol. The topological polar surface area (TPSA) is 35.2 Å². The molecule has 4 heteroatoms. The second-order valence-corrected chi connectivity index (χ2v) is 3.87.